The van der Waals surface area contributed by atoms with E-state index in [1.807, 2.05) is 0 Å². The Morgan fingerprint density at radius 3 is 2.95 bits per heavy atom. The van der Waals surface area contributed by atoms with Crippen molar-refractivity contribution in [1.82, 2.24) is 9.88 Å². The number of benzene rings is 1. The van der Waals surface area contributed by atoms with Crippen molar-refractivity contribution in [1.29, 1.82) is 0 Å². The summed E-state index contributed by atoms with van der Waals surface area (Å²) < 4.78 is 0. The molecule has 0 amide bonds. The normalized spacial score (nSPS) is 14.8. The maximum atomic E-state index is 5.70. The summed E-state index contributed by atoms with van der Waals surface area (Å²) in [5, 5.41) is 3.44. The Morgan fingerprint density at radius 2 is 2.10 bits per heavy atom. The fourth-order valence-corrected chi connectivity index (χ4v) is 3.94. The first-order chi connectivity index (χ1) is 9.83. The summed E-state index contributed by atoms with van der Waals surface area (Å²) >= 11 is 7.49. The molecule has 2 aromatic heterocycles. The number of thiocarbonyl (C=S) groups is 1. The van der Waals surface area contributed by atoms with Crippen molar-refractivity contribution >= 4 is 39.4 Å². The molecular weight excluding hydrogens is 284 g/mol. The first-order valence-electron chi connectivity index (χ1n) is 6.74. The summed E-state index contributed by atoms with van der Waals surface area (Å²) in [6, 6.07) is 12.7. The van der Waals surface area contributed by atoms with Crippen LogP contribution < -0.4 is 0 Å². The van der Waals surface area contributed by atoms with E-state index in [1.165, 1.54) is 21.3 Å². The fourth-order valence-electron chi connectivity index (χ4n) is 2.89. The highest BCUT2D eigenvalue weighted by Gasteiger charge is 2.24. The molecule has 1 aliphatic heterocycles. The molecule has 20 heavy (non-hydrogen) atoms. The molecule has 0 bridgehead atoms. The lowest BCUT2D eigenvalue weighted by molar-refractivity contribution is 0.418. The number of rotatable bonds is 2. The predicted molar refractivity (Wildman–Crippen MR) is 88.4 cm³/mol. The molecule has 1 aliphatic rings. The van der Waals surface area contributed by atoms with Crippen LogP contribution in [0.1, 0.15) is 16.1 Å². The zero-order chi connectivity index (χ0) is 13.5. The van der Waals surface area contributed by atoms with Crippen molar-refractivity contribution in [2.75, 3.05) is 6.54 Å². The second-order valence-electron chi connectivity index (χ2n) is 5.08. The monoisotopic (exact) mass is 298 g/mol. The number of aromatic amines is 1. The zero-order valence-electron chi connectivity index (χ0n) is 10.9. The molecule has 3 heterocycles. The lowest BCUT2D eigenvalue weighted by Crippen LogP contribution is -2.36. The van der Waals surface area contributed by atoms with Gasteiger partial charge in [0.25, 0.3) is 0 Å². The molecule has 0 radical (unpaired) electrons. The van der Waals surface area contributed by atoms with Gasteiger partial charge in [0.1, 0.15) is 4.99 Å². The highest BCUT2D eigenvalue weighted by atomic mass is 32.1. The Hall–Kier alpha value is -1.65. The van der Waals surface area contributed by atoms with Crippen molar-refractivity contribution in [3.63, 3.8) is 0 Å². The van der Waals surface area contributed by atoms with E-state index in [1.54, 1.807) is 11.3 Å². The van der Waals surface area contributed by atoms with Crippen molar-refractivity contribution in [2.24, 2.45) is 0 Å². The maximum Gasteiger partial charge on any atom is 0.126 e. The fraction of sp³-hybridized carbons (Fsp3) is 0.188. The number of para-hydroxylation sites is 1. The van der Waals surface area contributed by atoms with E-state index >= 15 is 0 Å². The third kappa shape index (κ3) is 1.87. The summed E-state index contributed by atoms with van der Waals surface area (Å²) in [5.74, 6) is 0. The van der Waals surface area contributed by atoms with E-state index in [4.69, 9.17) is 12.2 Å². The summed E-state index contributed by atoms with van der Waals surface area (Å²) in [7, 11) is 0. The molecule has 0 unspecified atom stereocenters. The van der Waals surface area contributed by atoms with Gasteiger partial charge in [0.15, 0.2) is 0 Å². The second-order valence-corrected chi connectivity index (χ2v) is 6.50. The van der Waals surface area contributed by atoms with Crippen LogP contribution in [-0.2, 0) is 13.0 Å². The standard InChI is InChI=1S/C16H14N2S2/c19-16-15-13(12-5-1-2-6-14(12)17-15)7-8-18(16)10-11-4-3-9-20-11/h1-6,9,17H,7-8,10H2. The minimum absolute atomic E-state index is 0.922. The van der Waals surface area contributed by atoms with Gasteiger partial charge in [0.2, 0.25) is 0 Å². The summed E-state index contributed by atoms with van der Waals surface area (Å²) in [6.07, 6.45) is 1.06. The Labute approximate surface area is 127 Å². The van der Waals surface area contributed by atoms with Crippen LogP contribution in [0.4, 0.5) is 0 Å². The van der Waals surface area contributed by atoms with E-state index in [9.17, 15) is 0 Å². The molecule has 100 valence electrons. The van der Waals surface area contributed by atoms with Gasteiger partial charge in [-0.1, -0.05) is 36.5 Å². The summed E-state index contributed by atoms with van der Waals surface area (Å²) in [4.78, 5) is 8.12. The quantitative estimate of drug-likeness (QED) is 0.722. The molecule has 0 atom stereocenters. The molecule has 0 saturated carbocycles. The largest absolute Gasteiger partial charge is 0.356 e. The van der Waals surface area contributed by atoms with Gasteiger partial charge >= 0.3 is 0 Å². The van der Waals surface area contributed by atoms with E-state index < -0.39 is 0 Å². The summed E-state index contributed by atoms with van der Waals surface area (Å²) in [6.45, 7) is 1.93. The molecule has 4 heteroatoms. The number of hydrogen-bond donors (Lipinski definition) is 1. The Morgan fingerprint density at radius 1 is 1.20 bits per heavy atom. The molecule has 1 aromatic carbocycles. The first kappa shape index (κ1) is 12.1. The number of thiophene rings is 1. The number of fused-ring (bicyclic) bond motifs is 3. The molecule has 4 rings (SSSR count). The van der Waals surface area contributed by atoms with Crippen molar-refractivity contribution < 1.29 is 0 Å². The van der Waals surface area contributed by atoms with Crippen LogP contribution in [-0.4, -0.2) is 21.4 Å². The van der Waals surface area contributed by atoms with E-state index in [0.29, 0.717) is 0 Å². The van der Waals surface area contributed by atoms with E-state index in [-0.39, 0.29) is 0 Å². The van der Waals surface area contributed by atoms with Gasteiger partial charge in [-0.2, -0.15) is 0 Å². The van der Waals surface area contributed by atoms with Crippen LogP contribution in [0.15, 0.2) is 41.8 Å². The SMILES string of the molecule is S=C1c2[nH]c3ccccc3c2CCN1Cc1cccs1. The van der Waals surface area contributed by atoms with Crippen molar-refractivity contribution in [3.8, 4) is 0 Å². The van der Waals surface area contributed by atoms with Crippen LogP contribution in [0.25, 0.3) is 10.9 Å². The maximum absolute atomic E-state index is 5.70. The average Bonchev–Trinajstić information content (AvgIpc) is 3.09. The van der Waals surface area contributed by atoms with Crippen molar-refractivity contribution in [2.45, 2.75) is 13.0 Å². The third-order valence-electron chi connectivity index (χ3n) is 3.87. The number of hydrogen-bond acceptors (Lipinski definition) is 2. The van der Waals surface area contributed by atoms with Crippen LogP contribution >= 0.6 is 23.6 Å². The smallest absolute Gasteiger partial charge is 0.126 e. The Kier molecular flexibility index (Phi) is 2.86. The van der Waals surface area contributed by atoms with E-state index in [0.717, 1.165) is 30.2 Å². The van der Waals surface area contributed by atoms with Gasteiger partial charge in [-0.15, -0.1) is 11.3 Å². The minimum Gasteiger partial charge on any atom is -0.356 e. The molecule has 1 N–H and O–H groups in total. The van der Waals surface area contributed by atoms with Gasteiger partial charge < -0.3 is 9.88 Å². The average molecular weight is 298 g/mol. The number of H-pyrrole nitrogens is 1. The highest BCUT2D eigenvalue weighted by Crippen LogP contribution is 2.29. The predicted octanol–water partition coefficient (Wildman–Crippen LogP) is 3.96. The first-order valence-corrected chi connectivity index (χ1v) is 8.03. The number of aromatic nitrogens is 1. The van der Waals surface area contributed by atoms with Crippen LogP contribution in [0, 0.1) is 0 Å². The minimum atomic E-state index is 0.922. The lowest BCUT2D eigenvalue weighted by atomic mass is 10.0. The molecule has 0 saturated heterocycles. The molecule has 2 nitrogen and oxygen atoms in total. The highest BCUT2D eigenvalue weighted by molar-refractivity contribution is 7.80. The van der Waals surface area contributed by atoms with E-state index in [2.05, 4.69) is 51.7 Å². The van der Waals surface area contributed by atoms with Gasteiger partial charge in [0.05, 0.1) is 12.2 Å². The van der Waals surface area contributed by atoms with Gasteiger partial charge in [0, 0.05) is 22.3 Å². The Bertz CT molecular complexity index is 771. The molecule has 0 aliphatic carbocycles. The number of nitrogens with zero attached hydrogens (tertiary/aromatic N) is 1. The molecule has 3 aromatic rings. The lowest BCUT2D eigenvalue weighted by Gasteiger charge is -2.29. The zero-order valence-corrected chi connectivity index (χ0v) is 12.6. The Balaban J connectivity index is 1.71. The van der Waals surface area contributed by atoms with Crippen molar-refractivity contribution in [3.05, 3.63) is 57.9 Å². The summed E-state index contributed by atoms with van der Waals surface area (Å²) in [5.41, 5.74) is 3.72. The van der Waals surface area contributed by atoms with Gasteiger partial charge in [-0.3, -0.25) is 0 Å². The van der Waals surface area contributed by atoms with Crippen LogP contribution in [0.2, 0.25) is 0 Å². The molecule has 0 fully saturated rings. The second kappa shape index (κ2) is 4.72. The van der Waals surface area contributed by atoms with Gasteiger partial charge in [-0.05, 0) is 29.5 Å². The van der Waals surface area contributed by atoms with Crippen LogP contribution in [0.3, 0.4) is 0 Å². The third-order valence-corrected chi connectivity index (χ3v) is 5.20. The molecule has 0 spiro atoms. The van der Waals surface area contributed by atoms with Crippen LogP contribution in [0.5, 0.6) is 0 Å². The number of nitrogens with one attached hydrogen (secondary N) is 1. The van der Waals surface area contributed by atoms with Gasteiger partial charge in [-0.25, -0.2) is 0 Å². The molecular formula is C16H14N2S2. The topological polar surface area (TPSA) is 19.0 Å².